The molecular formula is C53H61N3O8. The Morgan fingerprint density at radius 3 is 2.66 bits per heavy atom. The summed E-state index contributed by atoms with van der Waals surface area (Å²) in [6.45, 7) is 2.06. The Bertz CT molecular complexity index is 2530. The van der Waals surface area contributed by atoms with Crippen molar-refractivity contribution in [3.05, 3.63) is 123 Å². The van der Waals surface area contributed by atoms with E-state index >= 15 is 0 Å². The first kappa shape index (κ1) is 45.8. The summed E-state index contributed by atoms with van der Waals surface area (Å²) in [5, 5.41) is 47.9. The number of allylic oxidation sites excluding steroid dienone is 4. The van der Waals surface area contributed by atoms with Crippen LogP contribution in [0.25, 0.3) is 16.8 Å². The number of methoxy groups -OCH3 is 1. The van der Waals surface area contributed by atoms with Gasteiger partial charge in [0.15, 0.2) is 17.5 Å². The number of fused-ring (bicyclic) bond motifs is 9. The van der Waals surface area contributed by atoms with Crippen LogP contribution >= 0.6 is 0 Å². The van der Waals surface area contributed by atoms with Crippen molar-refractivity contribution in [3.63, 3.8) is 0 Å². The molecule has 0 aromatic heterocycles. The van der Waals surface area contributed by atoms with E-state index in [0.29, 0.717) is 54.3 Å². The molecule has 2 heterocycles. The fourth-order valence-electron chi connectivity index (χ4n) is 9.33. The summed E-state index contributed by atoms with van der Waals surface area (Å²) in [5.41, 5.74) is 13.8. The number of guanidine groups is 1. The summed E-state index contributed by atoms with van der Waals surface area (Å²) in [6.07, 6.45) is 16.8. The number of aliphatic hydroxyl groups excluding tert-OH is 3. The van der Waals surface area contributed by atoms with E-state index in [1.54, 1.807) is 14.2 Å². The second kappa shape index (κ2) is 21.4. The molecule has 336 valence electrons. The summed E-state index contributed by atoms with van der Waals surface area (Å²) >= 11 is 0. The van der Waals surface area contributed by atoms with Crippen LogP contribution in [0.4, 0.5) is 5.69 Å². The van der Waals surface area contributed by atoms with Gasteiger partial charge >= 0.3 is 0 Å². The molecule has 64 heavy (non-hydrogen) atoms. The quantitative estimate of drug-likeness (QED) is 0.0329. The van der Waals surface area contributed by atoms with Crippen LogP contribution in [0.5, 0.6) is 17.2 Å². The Morgan fingerprint density at radius 2 is 1.86 bits per heavy atom. The average molecular weight is 868 g/mol. The van der Waals surface area contributed by atoms with Gasteiger partial charge < -0.3 is 45.7 Å². The van der Waals surface area contributed by atoms with Gasteiger partial charge in [0.25, 0.3) is 0 Å². The highest BCUT2D eigenvalue weighted by molar-refractivity contribution is 6.01. The Hall–Kier alpha value is -6.22. The molecule has 4 atom stereocenters. The van der Waals surface area contributed by atoms with E-state index in [2.05, 4.69) is 59.6 Å². The minimum absolute atomic E-state index is 0.0236. The van der Waals surface area contributed by atoms with Crippen molar-refractivity contribution < 1.29 is 39.4 Å². The van der Waals surface area contributed by atoms with Gasteiger partial charge in [-0.25, -0.2) is 0 Å². The van der Waals surface area contributed by atoms with Crippen molar-refractivity contribution in [2.75, 3.05) is 26.1 Å². The van der Waals surface area contributed by atoms with Gasteiger partial charge in [0, 0.05) is 55.6 Å². The van der Waals surface area contributed by atoms with Crippen LogP contribution < -0.4 is 20.5 Å². The molecule has 8 rings (SSSR count). The maximum absolute atomic E-state index is 13.8. The lowest BCUT2D eigenvalue weighted by molar-refractivity contribution is -0.121. The fourth-order valence-corrected chi connectivity index (χ4v) is 9.33. The lowest BCUT2D eigenvalue weighted by atomic mass is 9.77. The molecule has 11 heteroatoms. The van der Waals surface area contributed by atoms with E-state index in [1.165, 1.54) is 5.56 Å². The molecule has 0 saturated heterocycles. The first-order valence-corrected chi connectivity index (χ1v) is 22.5. The van der Waals surface area contributed by atoms with Gasteiger partial charge in [0.2, 0.25) is 0 Å². The van der Waals surface area contributed by atoms with Crippen molar-refractivity contribution in [3.8, 4) is 29.3 Å². The van der Waals surface area contributed by atoms with E-state index < -0.39 is 6.10 Å². The highest BCUT2D eigenvalue weighted by atomic mass is 16.5. The molecule has 4 aliphatic rings. The molecule has 2 aliphatic heterocycles. The minimum Gasteiger partial charge on any atom is -0.508 e. The van der Waals surface area contributed by atoms with Crippen LogP contribution in [0, 0.1) is 23.9 Å². The first-order valence-electron chi connectivity index (χ1n) is 22.5. The predicted molar refractivity (Wildman–Crippen MR) is 252 cm³/mol. The minimum atomic E-state index is -0.574. The number of benzene rings is 4. The number of carbonyl (C=O) groups excluding carboxylic acids is 1. The second-order valence-electron chi connectivity index (χ2n) is 17.1. The number of aliphatic imine (C=N–C) groups is 1. The van der Waals surface area contributed by atoms with E-state index in [4.69, 9.17) is 19.9 Å². The zero-order valence-corrected chi connectivity index (χ0v) is 37.2. The number of nitrogens with two attached hydrogens (primary N) is 1. The molecule has 0 spiro atoms. The molecule has 0 radical (unpaired) electrons. The number of unbranched alkanes of at least 4 members (excludes halogenated alkanes) is 1. The maximum atomic E-state index is 13.8. The molecule has 6 bridgehead atoms. The molecular weight excluding hydrogens is 807 g/mol. The van der Waals surface area contributed by atoms with Crippen LogP contribution in [0.2, 0.25) is 0 Å². The standard InChI is InChI=1S/C53H61N3O8/c1-33-15-19-44-47-32-64-51-24-35(17-20-50(51)62-3)16-18-41(59)29-42(63-22-8-14-43-46(27-39(47)31-58)52(44)45(33)30-49(43)61)26-38-28-48(60)37(12-7-21-57)25-36(38)11-5-4-9-34-10-6-13-40(23-34)56-53(54)55-2/h6,10,13,15,17,19-20,23-25,27-28,30,33,36,38,42,57-58,60-61H,4-5,7,9,11-12,14,16,18,21,26,29,31-32H2,1-3H3,(H3,54,55,56)/t33-,36+,38-,42+/m1/s1. The number of rotatable bonds is 13. The molecule has 0 amide bonds. The van der Waals surface area contributed by atoms with Gasteiger partial charge in [-0.15, -0.1) is 0 Å². The summed E-state index contributed by atoms with van der Waals surface area (Å²) in [7, 11) is 3.24. The summed E-state index contributed by atoms with van der Waals surface area (Å²) in [6, 6.07) is 17.6. The molecule has 2 aliphatic carbocycles. The molecule has 0 saturated carbocycles. The number of ether oxygens (including phenoxy) is 3. The Kier molecular flexibility index (Phi) is 15.3. The number of aromatic hydroxyl groups is 1. The van der Waals surface area contributed by atoms with Gasteiger partial charge in [-0.1, -0.05) is 55.7 Å². The Labute approximate surface area is 376 Å². The molecule has 0 unspecified atom stereocenters. The second-order valence-corrected chi connectivity index (χ2v) is 17.1. The van der Waals surface area contributed by atoms with Crippen molar-refractivity contribution in [1.29, 1.82) is 0 Å². The summed E-state index contributed by atoms with van der Waals surface area (Å²) in [5.74, 6) is 4.93. The van der Waals surface area contributed by atoms with Gasteiger partial charge in [0.1, 0.15) is 36.1 Å². The Balaban J connectivity index is 1.17. The van der Waals surface area contributed by atoms with Crippen molar-refractivity contribution in [2.24, 2.45) is 22.6 Å². The van der Waals surface area contributed by atoms with Crippen LogP contribution in [-0.4, -0.2) is 59.0 Å². The predicted octanol–water partition coefficient (Wildman–Crippen LogP) is 9.10. The number of nitrogens with one attached hydrogen (secondary N) is 1. The number of aliphatic hydroxyl groups is 3. The van der Waals surface area contributed by atoms with E-state index in [1.807, 2.05) is 48.5 Å². The lowest BCUT2D eigenvalue weighted by Gasteiger charge is -2.30. The summed E-state index contributed by atoms with van der Waals surface area (Å²) in [4.78, 5) is 17.8. The third-order valence-corrected chi connectivity index (χ3v) is 12.8. The zero-order chi connectivity index (χ0) is 45.2. The van der Waals surface area contributed by atoms with Gasteiger partial charge in [-0.05, 0) is 143 Å². The number of phenolic OH excluding ortho intramolecular Hbond substituents is 1. The van der Waals surface area contributed by atoms with Crippen LogP contribution in [0.3, 0.4) is 0 Å². The smallest absolute Gasteiger partial charge is 0.192 e. The molecule has 4 aromatic rings. The van der Waals surface area contributed by atoms with Gasteiger partial charge in [-0.3, -0.25) is 9.79 Å². The van der Waals surface area contributed by atoms with Crippen LogP contribution in [0.1, 0.15) is 103 Å². The van der Waals surface area contributed by atoms with Crippen molar-refractivity contribution in [2.45, 2.75) is 103 Å². The van der Waals surface area contributed by atoms with Crippen LogP contribution in [0.15, 0.2) is 89.2 Å². The number of carbonyl (C=O) groups is 1. The number of anilines is 1. The van der Waals surface area contributed by atoms with E-state index in [0.717, 1.165) is 70.0 Å². The Morgan fingerprint density at radius 1 is 1.00 bits per heavy atom. The topological polar surface area (TPSA) is 176 Å². The highest BCUT2D eigenvalue weighted by Crippen LogP contribution is 2.44. The highest BCUT2D eigenvalue weighted by Gasteiger charge is 2.30. The van der Waals surface area contributed by atoms with Gasteiger partial charge in [0.05, 0.1) is 13.7 Å². The van der Waals surface area contributed by atoms with Crippen molar-refractivity contribution >= 4 is 34.3 Å². The maximum Gasteiger partial charge on any atom is 0.192 e. The number of hydrogen-bond donors (Lipinski definition) is 6. The zero-order valence-electron chi connectivity index (χ0n) is 37.2. The first-order chi connectivity index (χ1) is 31.1. The van der Waals surface area contributed by atoms with E-state index in [-0.39, 0.29) is 74.1 Å². The lowest BCUT2D eigenvalue weighted by Crippen LogP contribution is -2.25. The number of phenols is 1. The normalized spacial score (nSPS) is 20.0. The summed E-state index contributed by atoms with van der Waals surface area (Å²) < 4.78 is 18.5. The molecule has 11 nitrogen and oxygen atoms in total. The number of ketones is 1. The average Bonchev–Trinajstić information content (AvgIpc) is 3.29. The number of hydrogen-bond acceptors (Lipinski definition) is 9. The number of aryl methyl sites for hydroxylation is 2. The fraction of sp³-hybridized carbons (Fsp3) is 0.396. The largest absolute Gasteiger partial charge is 0.508 e. The number of Topliss-reactive ketones (excluding diaryl/α,β-unsaturated/α-hetero) is 1. The molecule has 7 N–H and O–H groups in total. The molecule has 4 aromatic carbocycles. The third-order valence-electron chi connectivity index (χ3n) is 12.8. The van der Waals surface area contributed by atoms with Crippen molar-refractivity contribution in [1.82, 2.24) is 0 Å². The SMILES string of the molecule is CN=C(N)Nc1cccc(CCCC[C@H]2C=C(CCCO)C(O)=C[C@H]2C[C@H]2CC(=O)CCc3ccc(OC)c(c3)OCc3c(CO)cc4c(c(O)cc5c4c3C=C[C@H]5C)CC#CO2)c1. The van der Waals surface area contributed by atoms with E-state index in [9.17, 15) is 25.2 Å². The third kappa shape index (κ3) is 10.9. The van der Waals surface area contributed by atoms with Crippen LogP contribution in [-0.2, 0) is 42.0 Å². The monoisotopic (exact) mass is 867 g/mol. The number of nitrogens with zero attached hydrogens (tertiary/aromatic N) is 1. The van der Waals surface area contributed by atoms with Gasteiger partial charge in [-0.2, -0.15) is 0 Å². The molecule has 0 fully saturated rings.